The van der Waals surface area contributed by atoms with Crippen LogP contribution in [0.5, 0.6) is 0 Å². The van der Waals surface area contributed by atoms with E-state index in [4.69, 9.17) is 5.63 Å². The van der Waals surface area contributed by atoms with Crippen molar-refractivity contribution in [1.29, 1.82) is 0 Å². The van der Waals surface area contributed by atoms with Gasteiger partial charge in [-0.25, -0.2) is 0 Å². The number of unbranched alkanes of at least 4 members (excludes halogenated alkanes) is 11. The first-order chi connectivity index (χ1) is 16.0. The summed E-state index contributed by atoms with van der Waals surface area (Å²) in [6.45, 7) is 14.1. The average molecular weight is 560 g/mol. The molecule has 0 aromatic carbocycles. The van der Waals surface area contributed by atoms with Crippen molar-refractivity contribution in [2.24, 2.45) is 5.92 Å². The third kappa shape index (κ3) is 12.0. The Hall–Kier alpha value is -1.23. The van der Waals surface area contributed by atoms with Crippen LogP contribution in [0.25, 0.3) is 0 Å². The summed E-state index contributed by atoms with van der Waals surface area (Å²) in [5, 5.41) is 0. The number of carbonyl (C=O) groups is 3. The van der Waals surface area contributed by atoms with Crippen LogP contribution >= 0.6 is 0 Å². The van der Waals surface area contributed by atoms with Crippen molar-refractivity contribution in [2.45, 2.75) is 121 Å². The van der Waals surface area contributed by atoms with Crippen molar-refractivity contribution >= 4 is 15.4 Å². The van der Waals surface area contributed by atoms with Gasteiger partial charge in [0.05, 0.1) is 0 Å². The van der Waals surface area contributed by atoms with Crippen molar-refractivity contribution in [2.75, 3.05) is 0 Å². The molecule has 0 radical (unpaired) electrons. The van der Waals surface area contributed by atoms with Crippen molar-refractivity contribution in [3.05, 3.63) is 25.3 Å². The molecule has 7 heteroatoms. The van der Waals surface area contributed by atoms with Gasteiger partial charge in [0.1, 0.15) is 0 Å². The zero-order valence-corrected chi connectivity index (χ0v) is 24.5. The fourth-order valence-electron chi connectivity index (χ4n) is 3.99. The number of hydrogen-bond donors (Lipinski definition) is 0. The summed E-state index contributed by atoms with van der Waals surface area (Å²) < 4.78 is 22.4. The van der Waals surface area contributed by atoms with Crippen LogP contribution in [-0.4, -0.2) is 15.4 Å². The van der Waals surface area contributed by atoms with Crippen molar-refractivity contribution in [3.8, 4) is 0 Å². The molecule has 0 aliphatic heterocycles. The van der Waals surface area contributed by atoms with E-state index in [9.17, 15) is 17.2 Å². The first-order valence-electron chi connectivity index (χ1n) is 13.1. The zero-order valence-electron chi connectivity index (χ0n) is 22.1. The number of rotatable bonds is 21. The topological polar surface area (TPSA) is 86.7 Å². The van der Waals surface area contributed by atoms with Gasteiger partial charge in [0.15, 0.2) is 0 Å². The predicted octanol–water partition coefficient (Wildman–Crippen LogP) is 7.78. The van der Waals surface area contributed by atoms with Gasteiger partial charge in [-0.05, 0) is 5.92 Å². The average Bonchev–Trinajstić information content (AvgIpc) is 2.78. The molecular weight excluding hydrogens is 512 g/mol. The molecule has 0 saturated carbocycles. The molecule has 34 heavy (non-hydrogen) atoms. The Labute approximate surface area is 209 Å². The monoisotopic (exact) mass is 558 g/mol. The van der Waals surface area contributed by atoms with Gasteiger partial charge < -0.3 is 0 Å². The maximum absolute atomic E-state index is 13.9. The molecule has 0 amide bonds. The Morgan fingerprint density at radius 1 is 0.676 bits per heavy atom. The third-order valence-corrected chi connectivity index (χ3v) is 17.2. The summed E-state index contributed by atoms with van der Waals surface area (Å²) in [4.78, 5) is 36.8. The summed E-state index contributed by atoms with van der Waals surface area (Å²) >= 11 is -6.58. The molecule has 6 nitrogen and oxygen atoms in total. The van der Waals surface area contributed by atoms with E-state index >= 15 is 0 Å². The second-order valence-electron chi connectivity index (χ2n) is 10.1. The van der Waals surface area contributed by atoms with Gasteiger partial charge in [-0.1, -0.05) is 33.1 Å². The Bertz CT molecular complexity index is 697. The fraction of sp³-hybridized carbons (Fsp3) is 0.741. The van der Waals surface area contributed by atoms with E-state index in [1.54, 1.807) is 0 Å². The van der Waals surface area contributed by atoms with Gasteiger partial charge in [-0.15, -0.1) is 0 Å². The number of carbonyl (C=O) groups excluding carboxylic acids is 3. The summed E-state index contributed by atoms with van der Waals surface area (Å²) in [5.74, 6) is -1.25. The van der Waals surface area contributed by atoms with Gasteiger partial charge in [0.25, 0.3) is 0 Å². The van der Waals surface area contributed by atoms with Crippen molar-refractivity contribution < 1.29 is 42.5 Å². The molecule has 196 valence electrons. The first kappa shape index (κ1) is 32.8. The summed E-state index contributed by atoms with van der Waals surface area (Å²) in [6, 6.07) is 0. The van der Waals surface area contributed by atoms with Crippen molar-refractivity contribution in [1.82, 2.24) is 0 Å². The van der Waals surface area contributed by atoms with E-state index in [0.717, 1.165) is 37.3 Å². The van der Waals surface area contributed by atoms with Crippen LogP contribution in [0.3, 0.4) is 0 Å². The molecule has 0 spiro atoms. The Morgan fingerprint density at radius 3 is 1.35 bits per heavy atom. The normalized spacial score (nSPS) is 12.0. The second-order valence-corrected chi connectivity index (χ2v) is 20.5. The van der Waals surface area contributed by atoms with Gasteiger partial charge in [0.2, 0.25) is 0 Å². The summed E-state index contributed by atoms with van der Waals surface area (Å²) in [7, 11) is 0. The molecular formula is C27H48O6Zr. The van der Waals surface area contributed by atoms with Crippen LogP contribution in [-0.2, 0) is 42.5 Å². The van der Waals surface area contributed by atoms with E-state index in [1.165, 1.54) is 71.6 Å². The van der Waals surface area contributed by atoms with Crippen LogP contribution in [0.1, 0.15) is 118 Å². The van der Waals surface area contributed by atoms with Crippen LogP contribution in [0.15, 0.2) is 25.3 Å². The second kappa shape index (κ2) is 17.2. The molecule has 0 rings (SSSR count). The Kier molecular flexibility index (Phi) is 16.6. The fourth-order valence-corrected chi connectivity index (χ4v) is 11.2. The van der Waals surface area contributed by atoms with Crippen LogP contribution in [0.4, 0.5) is 0 Å². The van der Waals surface area contributed by atoms with E-state index in [1.807, 2.05) is 0 Å². The summed E-state index contributed by atoms with van der Waals surface area (Å²) in [6.07, 6.45) is 16.6. The molecule has 0 N–H and O–H groups in total. The van der Waals surface area contributed by atoms with Gasteiger partial charge in [-0.3, -0.25) is 0 Å². The Balaban J connectivity index is 4.35. The quantitative estimate of drug-likeness (QED) is 0.105. The standard InChI is InChI=1S/C18H35O.2C3H4O2.C3H7.O.Zr/c1-18(2)16-14-12-10-8-6-4-3-5-7-9-11-13-15-17-19;2*1-2-3(4)5;1-3-2;;/h18H,3-16H2,1-2H3;2*2H,1H2,(H,4,5);3H,1-2H3;;/q;;;;;+2/p-2. The number of hydrogen-bond acceptors (Lipinski definition) is 6. The Morgan fingerprint density at radius 2 is 1.03 bits per heavy atom. The SMILES string of the molecule is C=CC(=O)[O][Zr](=[O])([O]C(=O)C=C)([C](=O)CCCCCCCCCCCCCCC(C)C)[CH](C)C. The minimum atomic E-state index is -6.58. The molecule has 0 heterocycles. The van der Waals surface area contributed by atoms with Gasteiger partial charge >= 0.3 is 171 Å². The van der Waals surface area contributed by atoms with Crippen LogP contribution < -0.4 is 0 Å². The molecule has 0 aromatic heterocycles. The van der Waals surface area contributed by atoms with E-state index in [0.29, 0.717) is 6.42 Å². The van der Waals surface area contributed by atoms with Crippen LogP contribution in [0.2, 0.25) is 3.63 Å². The minimum absolute atomic E-state index is 0.0569. The molecule has 0 atom stereocenters. The zero-order chi connectivity index (χ0) is 26.1. The molecule has 0 fully saturated rings. The molecule has 0 aromatic rings. The third-order valence-electron chi connectivity index (χ3n) is 6.35. The molecule has 0 bridgehead atoms. The van der Waals surface area contributed by atoms with Crippen molar-refractivity contribution in [3.63, 3.8) is 0 Å². The maximum atomic E-state index is 13.9. The predicted molar refractivity (Wildman–Crippen MR) is 133 cm³/mol. The van der Waals surface area contributed by atoms with E-state index in [-0.39, 0.29) is 6.42 Å². The van der Waals surface area contributed by atoms with E-state index < -0.39 is 38.7 Å². The molecule has 0 saturated heterocycles. The molecule has 0 unspecified atom stereocenters. The van der Waals surface area contributed by atoms with Gasteiger partial charge in [0, 0.05) is 0 Å². The molecule has 0 aliphatic rings. The van der Waals surface area contributed by atoms with Gasteiger partial charge in [-0.2, -0.15) is 0 Å². The molecule has 0 aliphatic carbocycles. The first-order valence-corrected chi connectivity index (χ1v) is 18.8. The summed E-state index contributed by atoms with van der Waals surface area (Å²) in [5.41, 5.74) is 0. The van der Waals surface area contributed by atoms with E-state index in [2.05, 4.69) is 27.0 Å². The van der Waals surface area contributed by atoms with Crippen LogP contribution in [0, 0.1) is 5.92 Å².